The first-order chi connectivity index (χ1) is 12.0. The van der Waals surface area contributed by atoms with Crippen molar-refractivity contribution in [3.05, 3.63) is 82.0 Å². The molecular formula is C21H22N2O2. The first kappa shape index (κ1) is 17.0. The Bertz CT molecular complexity index is 911. The zero-order valence-electron chi connectivity index (χ0n) is 15.0. The lowest BCUT2D eigenvalue weighted by atomic mass is 9.95. The normalized spacial score (nSPS) is 10.7. The van der Waals surface area contributed by atoms with Gasteiger partial charge in [0.15, 0.2) is 5.78 Å². The predicted molar refractivity (Wildman–Crippen MR) is 98.1 cm³/mol. The van der Waals surface area contributed by atoms with E-state index in [9.17, 15) is 4.79 Å². The topological polar surface area (TPSA) is 44.1 Å². The molecule has 0 amide bonds. The number of ketones is 1. The number of nitrogens with zero attached hydrogens (tertiary/aromatic N) is 2. The average Bonchev–Trinajstić information content (AvgIpc) is 2.97. The Morgan fingerprint density at radius 1 is 1.08 bits per heavy atom. The van der Waals surface area contributed by atoms with Crippen LogP contribution in [0.25, 0.3) is 0 Å². The van der Waals surface area contributed by atoms with E-state index in [-0.39, 0.29) is 5.78 Å². The van der Waals surface area contributed by atoms with Crippen molar-refractivity contribution in [3.63, 3.8) is 0 Å². The van der Waals surface area contributed by atoms with Crippen LogP contribution in [0.3, 0.4) is 0 Å². The molecule has 0 aliphatic carbocycles. The third-order valence-corrected chi connectivity index (χ3v) is 4.40. The summed E-state index contributed by atoms with van der Waals surface area (Å²) >= 11 is 0. The van der Waals surface area contributed by atoms with E-state index in [0.29, 0.717) is 23.6 Å². The van der Waals surface area contributed by atoms with Gasteiger partial charge in [0.25, 0.3) is 0 Å². The second kappa shape index (κ2) is 6.93. The van der Waals surface area contributed by atoms with Gasteiger partial charge in [-0.3, -0.25) is 4.79 Å². The first-order valence-corrected chi connectivity index (χ1v) is 8.28. The van der Waals surface area contributed by atoms with Crippen LogP contribution >= 0.6 is 0 Å². The van der Waals surface area contributed by atoms with Crippen LogP contribution in [0.1, 0.15) is 38.2 Å². The summed E-state index contributed by atoms with van der Waals surface area (Å²) in [5.41, 5.74) is 5.42. The van der Waals surface area contributed by atoms with Crippen LogP contribution in [0.2, 0.25) is 0 Å². The Balaban J connectivity index is 1.92. The molecule has 3 aromatic rings. The molecule has 1 aromatic heterocycles. The highest BCUT2D eigenvalue weighted by Crippen LogP contribution is 2.25. The maximum atomic E-state index is 13.1. The van der Waals surface area contributed by atoms with Crippen molar-refractivity contribution in [1.82, 2.24) is 9.78 Å². The van der Waals surface area contributed by atoms with E-state index in [1.54, 1.807) is 17.9 Å². The Morgan fingerprint density at radius 3 is 2.52 bits per heavy atom. The van der Waals surface area contributed by atoms with Gasteiger partial charge in [-0.15, -0.1) is 0 Å². The van der Waals surface area contributed by atoms with Crippen molar-refractivity contribution in [2.75, 3.05) is 0 Å². The van der Waals surface area contributed by atoms with Gasteiger partial charge < -0.3 is 4.74 Å². The molecule has 1 heterocycles. The molecule has 3 rings (SSSR count). The minimum atomic E-state index is -0.0551. The fraction of sp³-hybridized carbons (Fsp3) is 0.238. The van der Waals surface area contributed by atoms with Crippen LogP contribution < -0.4 is 4.74 Å². The van der Waals surface area contributed by atoms with Gasteiger partial charge in [0.05, 0.1) is 6.20 Å². The van der Waals surface area contributed by atoms with Crippen LogP contribution in [0.5, 0.6) is 5.88 Å². The summed E-state index contributed by atoms with van der Waals surface area (Å²) in [6.07, 6.45) is 1.58. The Kier molecular flexibility index (Phi) is 4.70. The van der Waals surface area contributed by atoms with Crippen molar-refractivity contribution in [2.45, 2.75) is 27.4 Å². The maximum absolute atomic E-state index is 13.1. The summed E-state index contributed by atoms with van der Waals surface area (Å²) in [5.74, 6) is 0.438. The van der Waals surface area contributed by atoms with E-state index < -0.39 is 0 Å². The number of benzene rings is 2. The van der Waals surface area contributed by atoms with Crippen LogP contribution in [0, 0.1) is 20.8 Å². The standard InChI is InChI=1S/C21H22N2O2/c1-14-10-15(2)16(3)18(11-14)20(24)19-12-22-23(4)21(19)25-13-17-8-6-5-7-9-17/h5-12H,13H2,1-4H3. The lowest BCUT2D eigenvalue weighted by molar-refractivity contribution is 0.103. The monoisotopic (exact) mass is 334 g/mol. The fourth-order valence-corrected chi connectivity index (χ4v) is 2.90. The molecule has 4 heteroatoms. The summed E-state index contributed by atoms with van der Waals surface area (Å²) in [6.45, 7) is 6.39. The lowest BCUT2D eigenvalue weighted by Crippen LogP contribution is -2.09. The molecule has 0 unspecified atom stereocenters. The third kappa shape index (κ3) is 3.48. The molecule has 0 N–H and O–H groups in total. The van der Waals surface area contributed by atoms with E-state index >= 15 is 0 Å². The number of hydrogen-bond acceptors (Lipinski definition) is 3. The highest BCUT2D eigenvalue weighted by molar-refractivity contribution is 6.11. The van der Waals surface area contributed by atoms with Gasteiger partial charge in [-0.05, 0) is 43.5 Å². The molecule has 2 aromatic carbocycles. The molecule has 0 saturated heterocycles. The van der Waals surface area contributed by atoms with Gasteiger partial charge in [0.2, 0.25) is 5.88 Å². The maximum Gasteiger partial charge on any atom is 0.223 e. The van der Waals surface area contributed by atoms with E-state index in [4.69, 9.17) is 4.74 Å². The summed E-state index contributed by atoms with van der Waals surface area (Å²) in [7, 11) is 1.78. The number of aryl methyl sites for hydroxylation is 3. The lowest BCUT2D eigenvalue weighted by Gasteiger charge is -2.11. The Labute approximate surface area is 148 Å². The van der Waals surface area contributed by atoms with Crippen molar-refractivity contribution in [3.8, 4) is 5.88 Å². The molecule has 0 bridgehead atoms. The molecule has 0 atom stereocenters. The smallest absolute Gasteiger partial charge is 0.223 e. The summed E-state index contributed by atoms with van der Waals surface area (Å²) in [5, 5.41) is 4.22. The molecule has 0 saturated carbocycles. The molecule has 0 aliphatic heterocycles. The van der Waals surface area contributed by atoms with Crippen molar-refractivity contribution in [2.24, 2.45) is 7.05 Å². The first-order valence-electron chi connectivity index (χ1n) is 8.28. The third-order valence-electron chi connectivity index (χ3n) is 4.40. The number of ether oxygens (including phenoxy) is 1. The highest BCUT2D eigenvalue weighted by Gasteiger charge is 2.21. The summed E-state index contributed by atoms with van der Waals surface area (Å²) in [4.78, 5) is 13.1. The highest BCUT2D eigenvalue weighted by atomic mass is 16.5. The minimum Gasteiger partial charge on any atom is -0.472 e. The van der Waals surface area contributed by atoms with Gasteiger partial charge in [0, 0.05) is 12.6 Å². The summed E-state index contributed by atoms with van der Waals surface area (Å²) < 4.78 is 7.52. The van der Waals surface area contributed by atoms with Crippen molar-refractivity contribution < 1.29 is 9.53 Å². The zero-order valence-corrected chi connectivity index (χ0v) is 15.0. The van der Waals surface area contributed by atoms with Gasteiger partial charge in [0.1, 0.15) is 12.2 Å². The quantitative estimate of drug-likeness (QED) is 0.658. The molecule has 0 spiro atoms. The molecule has 4 nitrogen and oxygen atoms in total. The number of hydrogen-bond donors (Lipinski definition) is 0. The van der Waals surface area contributed by atoms with Crippen LogP contribution in [-0.4, -0.2) is 15.6 Å². The van der Waals surface area contributed by atoms with Crippen LogP contribution in [0.15, 0.2) is 48.7 Å². The van der Waals surface area contributed by atoms with E-state index in [2.05, 4.69) is 11.2 Å². The molecule has 25 heavy (non-hydrogen) atoms. The van der Waals surface area contributed by atoms with E-state index in [1.807, 2.05) is 57.2 Å². The Hall–Kier alpha value is -2.88. The molecule has 0 aliphatic rings. The largest absolute Gasteiger partial charge is 0.472 e. The van der Waals surface area contributed by atoms with Crippen LogP contribution in [0.4, 0.5) is 0 Å². The average molecular weight is 334 g/mol. The van der Waals surface area contributed by atoms with Crippen LogP contribution in [-0.2, 0) is 13.7 Å². The van der Waals surface area contributed by atoms with Gasteiger partial charge in [-0.1, -0.05) is 42.0 Å². The second-order valence-corrected chi connectivity index (χ2v) is 6.34. The Morgan fingerprint density at radius 2 is 1.80 bits per heavy atom. The van der Waals surface area contributed by atoms with Gasteiger partial charge >= 0.3 is 0 Å². The SMILES string of the molecule is Cc1cc(C)c(C)c(C(=O)c2cnn(C)c2OCc2ccccc2)c1. The van der Waals surface area contributed by atoms with E-state index in [1.165, 1.54) is 0 Å². The predicted octanol–water partition coefficient (Wildman–Crippen LogP) is 4.16. The fourth-order valence-electron chi connectivity index (χ4n) is 2.90. The van der Waals surface area contributed by atoms with Crippen molar-refractivity contribution >= 4 is 5.78 Å². The van der Waals surface area contributed by atoms with Crippen molar-refractivity contribution in [1.29, 1.82) is 0 Å². The van der Waals surface area contributed by atoms with Gasteiger partial charge in [-0.2, -0.15) is 5.10 Å². The number of carbonyl (C=O) groups excluding carboxylic acids is 1. The second-order valence-electron chi connectivity index (χ2n) is 6.34. The number of carbonyl (C=O) groups is 1. The zero-order chi connectivity index (χ0) is 18.0. The summed E-state index contributed by atoms with van der Waals surface area (Å²) in [6, 6.07) is 13.9. The molecule has 128 valence electrons. The molecular weight excluding hydrogens is 312 g/mol. The molecule has 0 fully saturated rings. The minimum absolute atomic E-state index is 0.0551. The molecule has 0 radical (unpaired) electrons. The van der Waals surface area contributed by atoms with Gasteiger partial charge in [-0.25, -0.2) is 4.68 Å². The number of rotatable bonds is 5. The number of aromatic nitrogens is 2. The van der Waals surface area contributed by atoms with E-state index in [0.717, 1.165) is 22.3 Å².